The van der Waals surface area contributed by atoms with Crippen molar-refractivity contribution in [1.82, 2.24) is 4.98 Å². The summed E-state index contributed by atoms with van der Waals surface area (Å²) >= 11 is 0. The quantitative estimate of drug-likeness (QED) is 0.657. The minimum absolute atomic E-state index is 0.180. The van der Waals surface area contributed by atoms with Gasteiger partial charge in [0.1, 0.15) is 0 Å². The van der Waals surface area contributed by atoms with E-state index in [2.05, 4.69) is 37.9 Å². The summed E-state index contributed by atoms with van der Waals surface area (Å²) in [4.78, 5) is 4.45. The highest BCUT2D eigenvalue weighted by Crippen LogP contribution is 2.37. The molecular weight excluding hydrogens is 170 g/mol. The lowest BCUT2D eigenvalue weighted by molar-refractivity contribution is 0.418. The van der Waals surface area contributed by atoms with Crippen molar-refractivity contribution in [2.75, 3.05) is 0 Å². The Labute approximate surface area is 86.6 Å². The molecule has 1 heteroatoms. The van der Waals surface area contributed by atoms with Crippen molar-refractivity contribution < 1.29 is 0 Å². The first-order valence-corrected chi connectivity index (χ1v) is 5.54. The highest BCUT2D eigenvalue weighted by Gasteiger charge is 2.22. The van der Waals surface area contributed by atoms with Crippen LogP contribution in [0.5, 0.6) is 0 Å². The number of hydrogen-bond acceptors (Lipinski definition) is 1. The molecule has 0 bridgehead atoms. The third-order valence-electron chi connectivity index (χ3n) is 3.13. The molecule has 0 aromatic carbocycles. The molecule has 1 aliphatic rings. The van der Waals surface area contributed by atoms with E-state index >= 15 is 0 Å². The first-order valence-electron chi connectivity index (χ1n) is 5.54. The van der Waals surface area contributed by atoms with E-state index in [-0.39, 0.29) is 5.41 Å². The molecule has 0 saturated heterocycles. The summed E-state index contributed by atoms with van der Waals surface area (Å²) in [5, 5.41) is 0. The fourth-order valence-corrected chi connectivity index (χ4v) is 1.85. The van der Waals surface area contributed by atoms with Gasteiger partial charge < -0.3 is 0 Å². The van der Waals surface area contributed by atoms with E-state index in [0.717, 1.165) is 5.92 Å². The van der Waals surface area contributed by atoms with Crippen LogP contribution in [0, 0.1) is 0 Å². The maximum atomic E-state index is 4.45. The van der Waals surface area contributed by atoms with E-state index in [1.165, 1.54) is 30.5 Å². The minimum Gasteiger partial charge on any atom is -0.261 e. The second-order valence-electron chi connectivity index (χ2n) is 5.35. The highest BCUT2D eigenvalue weighted by atomic mass is 14.7. The zero-order valence-electron chi connectivity index (χ0n) is 9.38. The van der Waals surface area contributed by atoms with E-state index in [0.29, 0.717) is 0 Å². The third-order valence-corrected chi connectivity index (χ3v) is 3.13. The molecular formula is C13H19N. The van der Waals surface area contributed by atoms with Crippen molar-refractivity contribution in [3.63, 3.8) is 0 Å². The lowest BCUT2D eigenvalue weighted by atomic mass is 9.79. The normalized spacial score (nSPS) is 17.9. The van der Waals surface area contributed by atoms with Crippen LogP contribution in [0.1, 0.15) is 57.2 Å². The summed E-state index contributed by atoms with van der Waals surface area (Å²) < 4.78 is 0. The summed E-state index contributed by atoms with van der Waals surface area (Å²) in [5.74, 6) is 0.819. The van der Waals surface area contributed by atoms with Crippen LogP contribution in [-0.2, 0) is 5.41 Å². The average Bonchev–Trinajstić information content (AvgIpc) is 2.00. The first-order chi connectivity index (χ1) is 6.57. The molecule has 1 heterocycles. The molecule has 1 saturated carbocycles. The monoisotopic (exact) mass is 189 g/mol. The maximum absolute atomic E-state index is 4.45. The number of nitrogens with zero attached hydrogens (tertiary/aromatic N) is 1. The Morgan fingerprint density at radius 1 is 1.29 bits per heavy atom. The molecule has 1 aliphatic carbocycles. The molecule has 0 aliphatic heterocycles. The fraction of sp³-hybridized carbons (Fsp3) is 0.615. The van der Waals surface area contributed by atoms with Crippen molar-refractivity contribution in [3.05, 3.63) is 29.6 Å². The summed E-state index contributed by atoms with van der Waals surface area (Å²) in [7, 11) is 0. The van der Waals surface area contributed by atoms with Gasteiger partial charge in [-0.3, -0.25) is 4.98 Å². The summed E-state index contributed by atoms with van der Waals surface area (Å²) in [6.45, 7) is 6.67. The van der Waals surface area contributed by atoms with Gasteiger partial charge in [0.25, 0.3) is 0 Å². The number of hydrogen-bond donors (Lipinski definition) is 0. The van der Waals surface area contributed by atoms with Gasteiger partial charge in [-0.15, -0.1) is 0 Å². The van der Waals surface area contributed by atoms with Gasteiger partial charge >= 0.3 is 0 Å². The average molecular weight is 189 g/mol. The van der Waals surface area contributed by atoms with Crippen molar-refractivity contribution in [1.29, 1.82) is 0 Å². The summed E-state index contributed by atoms with van der Waals surface area (Å²) in [6.07, 6.45) is 6.10. The molecule has 0 radical (unpaired) electrons. The van der Waals surface area contributed by atoms with Crippen molar-refractivity contribution in [2.24, 2.45) is 0 Å². The van der Waals surface area contributed by atoms with Gasteiger partial charge in [0.2, 0.25) is 0 Å². The number of pyridine rings is 1. The van der Waals surface area contributed by atoms with Crippen LogP contribution < -0.4 is 0 Å². The molecule has 0 atom stereocenters. The van der Waals surface area contributed by atoms with Crippen LogP contribution in [0.4, 0.5) is 0 Å². The van der Waals surface area contributed by atoms with E-state index in [1.54, 1.807) is 0 Å². The molecule has 14 heavy (non-hydrogen) atoms. The molecule has 76 valence electrons. The molecule has 2 rings (SSSR count). The summed E-state index contributed by atoms with van der Waals surface area (Å²) in [5.41, 5.74) is 2.90. The standard InChI is InChI=1S/C13H19N/c1-13(2,3)12-9-11(7-8-14-12)10-5-4-6-10/h7-10H,4-6H2,1-3H3. The molecule has 0 spiro atoms. The zero-order chi connectivity index (χ0) is 10.2. The van der Waals surface area contributed by atoms with Gasteiger partial charge in [0, 0.05) is 17.3 Å². The SMILES string of the molecule is CC(C)(C)c1cc(C2CCC2)ccn1. The van der Waals surface area contributed by atoms with Crippen LogP contribution in [0.15, 0.2) is 18.3 Å². The third kappa shape index (κ3) is 1.82. The zero-order valence-corrected chi connectivity index (χ0v) is 9.38. The Morgan fingerprint density at radius 2 is 2.00 bits per heavy atom. The van der Waals surface area contributed by atoms with Gasteiger partial charge in [-0.1, -0.05) is 27.2 Å². The highest BCUT2D eigenvalue weighted by molar-refractivity contribution is 5.25. The van der Waals surface area contributed by atoms with E-state index in [4.69, 9.17) is 0 Å². The molecule has 0 unspecified atom stereocenters. The predicted molar refractivity (Wildman–Crippen MR) is 59.5 cm³/mol. The topological polar surface area (TPSA) is 12.9 Å². The molecule has 1 fully saturated rings. The van der Waals surface area contributed by atoms with Crippen molar-refractivity contribution in [3.8, 4) is 0 Å². The minimum atomic E-state index is 0.180. The number of rotatable bonds is 1. The summed E-state index contributed by atoms with van der Waals surface area (Å²) in [6, 6.07) is 4.48. The lowest BCUT2D eigenvalue weighted by Crippen LogP contribution is -2.15. The van der Waals surface area contributed by atoms with E-state index < -0.39 is 0 Å². The van der Waals surface area contributed by atoms with Crippen LogP contribution in [0.3, 0.4) is 0 Å². The van der Waals surface area contributed by atoms with E-state index in [9.17, 15) is 0 Å². The van der Waals surface area contributed by atoms with Gasteiger partial charge in [-0.05, 0) is 36.5 Å². The first kappa shape index (κ1) is 9.70. The van der Waals surface area contributed by atoms with Gasteiger partial charge in [-0.25, -0.2) is 0 Å². The van der Waals surface area contributed by atoms with Gasteiger partial charge in [0.15, 0.2) is 0 Å². The lowest BCUT2D eigenvalue weighted by Gasteiger charge is -2.27. The van der Waals surface area contributed by atoms with Crippen LogP contribution in [0.25, 0.3) is 0 Å². The second-order valence-corrected chi connectivity index (χ2v) is 5.35. The molecule has 1 aromatic heterocycles. The number of aromatic nitrogens is 1. The molecule has 0 amide bonds. The largest absolute Gasteiger partial charge is 0.261 e. The Morgan fingerprint density at radius 3 is 2.50 bits per heavy atom. The van der Waals surface area contributed by atoms with E-state index in [1.807, 2.05) is 6.20 Å². The Hall–Kier alpha value is -0.850. The van der Waals surface area contributed by atoms with Crippen LogP contribution in [-0.4, -0.2) is 4.98 Å². The second kappa shape index (κ2) is 3.38. The van der Waals surface area contributed by atoms with Crippen LogP contribution >= 0.6 is 0 Å². The maximum Gasteiger partial charge on any atom is 0.0459 e. The fourth-order valence-electron chi connectivity index (χ4n) is 1.85. The molecule has 1 aromatic rings. The Kier molecular flexibility index (Phi) is 2.34. The van der Waals surface area contributed by atoms with Crippen molar-refractivity contribution in [2.45, 2.75) is 51.4 Å². The van der Waals surface area contributed by atoms with Gasteiger partial charge in [0.05, 0.1) is 0 Å². The Balaban J connectivity index is 2.26. The predicted octanol–water partition coefficient (Wildman–Crippen LogP) is 3.65. The Bertz CT molecular complexity index is 318. The van der Waals surface area contributed by atoms with Gasteiger partial charge in [-0.2, -0.15) is 0 Å². The van der Waals surface area contributed by atoms with Crippen LogP contribution in [0.2, 0.25) is 0 Å². The van der Waals surface area contributed by atoms with Crippen molar-refractivity contribution >= 4 is 0 Å². The molecule has 0 N–H and O–H groups in total. The smallest absolute Gasteiger partial charge is 0.0459 e. The molecule has 1 nitrogen and oxygen atoms in total.